The highest BCUT2D eigenvalue weighted by Gasteiger charge is 2.23. The summed E-state index contributed by atoms with van der Waals surface area (Å²) in [5.41, 5.74) is 2.65. The molecule has 1 atom stereocenters. The van der Waals surface area contributed by atoms with Gasteiger partial charge in [-0.3, -0.25) is 0 Å². The largest absolute Gasteiger partial charge is 0.489 e. The zero-order valence-electron chi connectivity index (χ0n) is 19.9. The summed E-state index contributed by atoms with van der Waals surface area (Å²) in [6.45, 7) is 14.5. The first-order valence-corrected chi connectivity index (χ1v) is 11.4. The van der Waals surface area contributed by atoms with Gasteiger partial charge >= 0.3 is 0 Å². The molecular weight excluding hydrogens is 445 g/mol. The molecular formula is C26H33Cl2NO3. The van der Waals surface area contributed by atoms with Crippen LogP contribution in [-0.2, 0) is 10.3 Å². The third-order valence-corrected chi connectivity index (χ3v) is 5.31. The maximum Gasteiger partial charge on any atom is 0.137 e. The lowest BCUT2D eigenvalue weighted by molar-refractivity contribution is -0.000604. The molecule has 0 bridgehead atoms. The fourth-order valence-corrected chi connectivity index (χ4v) is 2.98. The van der Waals surface area contributed by atoms with Crippen LogP contribution in [-0.4, -0.2) is 24.0 Å². The fraction of sp³-hybridized carbons (Fsp3) is 0.423. The van der Waals surface area contributed by atoms with E-state index >= 15 is 0 Å². The van der Waals surface area contributed by atoms with Gasteiger partial charge in [0, 0.05) is 5.41 Å². The summed E-state index contributed by atoms with van der Waals surface area (Å²) in [5, 5.41) is 4.19. The lowest BCUT2D eigenvalue weighted by atomic mass is 9.78. The molecule has 174 valence electrons. The molecule has 32 heavy (non-hydrogen) atoms. The van der Waals surface area contributed by atoms with Gasteiger partial charge in [0.1, 0.15) is 34.3 Å². The van der Waals surface area contributed by atoms with Gasteiger partial charge in [-0.05, 0) is 76.1 Å². The summed E-state index contributed by atoms with van der Waals surface area (Å²) in [7, 11) is 0. The summed E-state index contributed by atoms with van der Waals surface area (Å²) in [6.07, 6.45) is 1.42. The van der Waals surface area contributed by atoms with Gasteiger partial charge in [0.15, 0.2) is 0 Å². The van der Waals surface area contributed by atoms with E-state index in [1.807, 2.05) is 58.9 Å². The van der Waals surface area contributed by atoms with Crippen molar-refractivity contribution in [1.82, 2.24) is 0 Å². The second-order valence-electron chi connectivity index (χ2n) is 9.17. The first kappa shape index (κ1) is 26.1. The van der Waals surface area contributed by atoms with Crippen molar-refractivity contribution in [2.24, 2.45) is 5.16 Å². The van der Waals surface area contributed by atoms with E-state index in [9.17, 15) is 0 Å². The van der Waals surface area contributed by atoms with Crippen LogP contribution < -0.4 is 9.47 Å². The molecule has 0 aliphatic rings. The Balaban J connectivity index is 2.05. The van der Waals surface area contributed by atoms with Crippen LogP contribution in [0.3, 0.4) is 0 Å². The molecule has 0 heterocycles. The van der Waals surface area contributed by atoms with Crippen molar-refractivity contribution >= 4 is 28.9 Å². The predicted molar refractivity (Wildman–Crippen MR) is 134 cm³/mol. The first-order chi connectivity index (χ1) is 14.9. The lowest BCUT2D eigenvalue weighted by Crippen LogP contribution is -2.24. The molecule has 0 aliphatic carbocycles. The minimum absolute atomic E-state index is 0.181. The zero-order chi connectivity index (χ0) is 23.9. The quantitative estimate of drug-likeness (QED) is 0.274. The molecule has 2 aromatic carbocycles. The molecule has 0 amide bonds. The van der Waals surface area contributed by atoms with Crippen molar-refractivity contribution in [3.05, 3.63) is 70.2 Å². The minimum atomic E-state index is -0.326. The summed E-state index contributed by atoms with van der Waals surface area (Å²) >= 11 is 11.2. The van der Waals surface area contributed by atoms with Crippen molar-refractivity contribution in [3.8, 4) is 11.5 Å². The summed E-state index contributed by atoms with van der Waals surface area (Å²) in [5.74, 6) is 1.55. The van der Waals surface area contributed by atoms with E-state index in [4.69, 9.17) is 37.5 Å². The standard InChI is InChI=1S/C26H33Cl2NO3/c1-18(29-32-25(3,4)5)19(2)31-23-14-10-21(11-15-23)26(6,7)20-8-12-22(13-9-20)30-17-16-24(27)28/h8-16,19H,17H2,1-7H3. The van der Waals surface area contributed by atoms with E-state index in [-0.39, 0.29) is 21.6 Å². The third-order valence-electron chi connectivity index (χ3n) is 5.00. The first-order valence-electron chi connectivity index (χ1n) is 10.6. The Morgan fingerprint density at radius 3 is 1.88 bits per heavy atom. The maximum absolute atomic E-state index is 6.03. The van der Waals surface area contributed by atoms with Gasteiger partial charge in [0.05, 0.1) is 5.71 Å². The molecule has 6 heteroatoms. The smallest absolute Gasteiger partial charge is 0.137 e. The number of ether oxygens (including phenoxy) is 2. The molecule has 0 spiro atoms. The Morgan fingerprint density at radius 1 is 0.906 bits per heavy atom. The van der Waals surface area contributed by atoms with Crippen LogP contribution in [0.5, 0.6) is 11.5 Å². The van der Waals surface area contributed by atoms with Crippen molar-refractivity contribution < 1.29 is 14.3 Å². The number of benzene rings is 2. The average molecular weight is 478 g/mol. The van der Waals surface area contributed by atoms with Gasteiger partial charge in [0.2, 0.25) is 0 Å². The van der Waals surface area contributed by atoms with Crippen molar-refractivity contribution in [3.63, 3.8) is 0 Å². The van der Waals surface area contributed by atoms with E-state index in [1.54, 1.807) is 6.08 Å². The van der Waals surface area contributed by atoms with Gasteiger partial charge < -0.3 is 14.3 Å². The Bertz CT molecular complexity index is 923. The van der Waals surface area contributed by atoms with Crippen molar-refractivity contribution in [1.29, 1.82) is 0 Å². The Hall–Kier alpha value is -2.17. The molecule has 2 aromatic rings. The van der Waals surface area contributed by atoms with Crippen LogP contribution in [0.1, 0.15) is 59.6 Å². The minimum Gasteiger partial charge on any atom is -0.489 e. The highest BCUT2D eigenvalue weighted by atomic mass is 35.5. The molecule has 0 radical (unpaired) electrons. The molecule has 0 N–H and O–H groups in total. The lowest BCUT2D eigenvalue weighted by Gasteiger charge is -2.27. The summed E-state index contributed by atoms with van der Waals surface area (Å²) < 4.78 is 11.9. The van der Waals surface area contributed by atoms with Gasteiger partial charge in [-0.1, -0.05) is 66.5 Å². The van der Waals surface area contributed by atoms with Crippen LogP contribution in [0.2, 0.25) is 0 Å². The molecule has 1 unspecified atom stereocenters. The van der Waals surface area contributed by atoms with E-state index in [2.05, 4.69) is 43.3 Å². The highest BCUT2D eigenvalue weighted by Crippen LogP contribution is 2.33. The van der Waals surface area contributed by atoms with E-state index in [0.29, 0.717) is 6.61 Å². The number of rotatable bonds is 9. The number of halogens is 2. The molecule has 4 nitrogen and oxygen atoms in total. The second kappa shape index (κ2) is 11.1. The third kappa shape index (κ3) is 8.07. The molecule has 0 saturated carbocycles. The van der Waals surface area contributed by atoms with Crippen LogP contribution in [0.25, 0.3) is 0 Å². The summed E-state index contributed by atoms with van der Waals surface area (Å²) in [6, 6.07) is 16.2. The average Bonchev–Trinajstić information content (AvgIpc) is 2.72. The molecule has 2 rings (SSSR count). The van der Waals surface area contributed by atoms with Crippen molar-refractivity contribution in [2.45, 2.75) is 65.6 Å². The van der Waals surface area contributed by atoms with Gasteiger partial charge in [0.25, 0.3) is 0 Å². The Morgan fingerprint density at radius 2 is 1.41 bits per heavy atom. The normalized spacial score (nSPS) is 13.3. The maximum atomic E-state index is 6.03. The Kier molecular flexibility index (Phi) is 9.06. The van der Waals surface area contributed by atoms with Gasteiger partial charge in [-0.25, -0.2) is 0 Å². The fourth-order valence-electron chi connectivity index (χ4n) is 2.86. The summed E-state index contributed by atoms with van der Waals surface area (Å²) in [4.78, 5) is 5.49. The van der Waals surface area contributed by atoms with Gasteiger partial charge in [-0.2, -0.15) is 0 Å². The van der Waals surface area contributed by atoms with Gasteiger partial charge in [-0.15, -0.1) is 0 Å². The topological polar surface area (TPSA) is 40.0 Å². The van der Waals surface area contributed by atoms with E-state index in [0.717, 1.165) is 17.2 Å². The number of hydrogen-bond acceptors (Lipinski definition) is 4. The molecule has 0 fully saturated rings. The predicted octanol–water partition coefficient (Wildman–Crippen LogP) is 7.67. The van der Waals surface area contributed by atoms with Crippen LogP contribution >= 0.6 is 23.2 Å². The van der Waals surface area contributed by atoms with E-state index in [1.165, 1.54) is 11.1 Å². The van der Waals surface area contributed by atoms with Crippen LogP contribution in [0.4, 0.5) is 0 Å². The van der Waals surface area contributed by atoms with Crippen LogP contribution in [0, 0.1) is 0 Å². The number of nitrogens with zero attached hydrogens (tertiary/aromatic N) is 1. The second-order valence-corrected chi connectivity index (χ2v) is 10.2. The Labute approximate surface area is 202 Å². The number of oxime groups is 1. The number of hydrogen-bond donors (Lipinski definition) is 0. The monoisotopic (exact) mass is 477 g/mol. The molecule has 0 saturated heterocycles. The molecule has 0 aromatic heterocycles. The van der Waals surface area contributed by atoms with Crippen molar-refractivity contribution in [2.75, 3.05) is 6.61 Å². The molecule has 0 aliphatic heterocycles. The van der Waals surface area contributed by atoms with E-state index < -0.39 is 0 Å². The van der Waals surface area contributed by atoms with Crippen LogP contribution in [0.15, 0.2) is 64.3 Å². The SMILES string of the molecule is CC(=NOC(C)(C)C)C(C)Oc1ccc(C(C)(C)c2ccc(OCC=C(Cl)Cl)cc2)cc1. The zero-order valence-corrected chi connectivity index (χ0v) is 21.4. The highest BCUT2D eigenvalue weighted by molar-refractivity contribution is 6.55.